The minimum Gasteiger partial charge on any atom is -0.462 e. The Morgan fingerprint density at radius 3 is 2.43 bits per heavy atom. The van der Waals surface area contributed by atoms with E-state index in [0.29, 0.717) is 6.61 Å². The van der Waals surface area contributed by atoms with E-state index in [4.69, 9.17) is 9.47 Å². The van der Waals surface area contributed by atoms with Gasteiger partial charge in [-0.25, -0.2) is 9.59 Å². The van der Waals surface area contributed by atoms with Crippen molar-refractivity contribution < 1.29 is 19.1 Å². The van der Waals surface area contributed by atoms with E-state index in [9.17, 15) is 9.59 Å². The van der Waals surface area contributed by atoms with Crippen LogP contribution in [0.5, 0.6) is 0 Å². The van der Waals surface area contributed by atoms with E-state index in [1.54, 1.807) is 13.0 Å². The Kier molecular flexibility index (Phi) is 8.40. The van der Waals surface area contributed by atoms with E-state index in [1.807, 2.05) is 44.2 Å². The van der Waals surface area contributed by atoms with E-state index in [2.05, 4.69) is 21.2 Å². The molecule has 6 heteroatoms. The quantitative estimate of drug-likeness (QED) is 0.574. The topological polar surface area (TPSA) is 64.6 Å². The largest absolute Gasteiger partial charge is 0.462 e. The third-order valence-electron chi connectivity index (χ3n) is 3.01. The van der Waals surface area contributed by atoms with E-state index >= 15 is 0 Å². The first kappa shape index (κ1) is 19.2. The molecule has 126 valence electrons. The van der Waals surface area contributed by atoms with Gasteiger partial charge in [0.1, 0.15) is 11.1 Å². The van der Waals surface area contributed by atoms with Gasteiger partial charge in [-0.1, -0.05) is 44.2 Å². The van der Waals surface area contributed by atoms with Gasteiger partial charge in [-0.15, -0.1) is 0 Å². The number of halogens is 1. The number of esters is 1. The fraction of sp³-hybridized carbons (Fsp3) is 0.412. The van der Waals surface area contributed by atoms with Crippen molar-refractivity contribution in [2.45, 2.75) is 33.4 Å². The summed E-state index contributed by atoms with van der Waals surface area (Å²) in [5.41, 5.74) is 0.909. The average molecular weight is 384 g/mol. The number of rotatable bonds is 7. The first-order chi connectivity index (χ1) is 10.9. The van der Waals surface area contributed by atoms with E-state index in [-0.39, 0.29) is 23.0 Å². The van der Waals surface area contributed by atoms with Crippen molar-refractivity contribution in [1.29, 1.82) is 0 Å². The molecular formula is C17H22BrNO4. The Morgan fingerprint density at radius 1 is 1.22 bits per heavy atom. The first-order valence-electron chi connectivity index (χ1n) is 7.45. The predicted molar refractivity (Wildman–Crippen MR) is 92.0 cm³/mol. The lowest BCUT2D eigenvalue weighted by Crippen LogP contribution is -2.37. The average Bonchev–Trinajstić information content (AvgIpc) is 2.53. The van der Waals surface area contributed by atoms with Gasteiger partial charge in [0, 0.05) is 0 Å². The number of hydrogen-bond donors (Lipinski definition) is 1. The zero-order valence-corrected chi connectivity index (χ0v) is 15.1. The van der Waals surface area contributed by atoms with Crippen LogP contribution in [0.1, 0.15) is 26.3 Å². The highest BCUT2D eigenvalue weighted by atomic mass is 79.9. The summed E-state index contributed by atoms with van der Waals surface area (Å²) in [7, 11) is 0. The number of nitrogens with one attached hydrogen (secondary N) is 1. The molecule has 0 saturated heterocycles. The van der Waals surface area contributed by atoms with Gasteiger partial charge in [-0.2, -0.15) is 0 Å². The number of benzene rings is 1. The van der Waals surface area contributed by atoms with Crippen LogP contribution in [0.15, 0.2) is 40.9 Å². The normalized spacial score (nSPS) is 12.7. The maximum Gasteiger partial charge on any atom is 0.407 e. The molecule has 0 spiro atoms. The minimum absolute atomic E-state index is 0.0845. The van der Waals surface area contributed by atoms with Gasteiger partial charge in [0.15, 0.2) is 0 Å². The molecule has 0 fully saturated rings. The Hall–Kier alpha value is -1.82. The summed E-state index contributed by atoms with van der Waals surface area (Å²) in [6.07, 6.45) is 1.08. The molecule has 0 heterocycles. The SMILES string of the molecule is CCOC(=O)/C(Br)=C\C(NC(=O)OCc1ccccc1)C(C)C. The molecule has 5 nitrogen and oxygen atoms in total. The Labute approximate surface area is 145 Å². The highest BCUT2D eigenvalue weighted by Crippen LogP contribution is 2.13. The lowest BCUT2D eigenvalue weighted by Gasteiger charge is -2.19. The number of ether oxygens (including phenoxy) is 2. The molecule has 1 aromatic rings. The minimum atomic E-state index is -0.534. The molecule has 0 bridgehead atoms. The zero-order chi connectivity index (χ0) is 17.2. The number of carbonyl (C=O) groups excluding carboxylic acids is 2. The van der Waals surface area contributed by atoms with Crippen molar-refractivity contribution in [2.24, 2.45) is 5.92 Å². The van der Waals surface area contributed by atoms with Crippen molar-refractivity contribution in [1.82, 2.24) is 5.32 Å². The summed E-state index contributed by atoms with van der Waals surface area (Å²) in [5.74, 6) is -0.376. The van der Waals surface area contributed by atoms with Crippen LogP contribution >= 0.6 is 15.9 Å². The molecule has 0 aliphatic heterocycles. The van der Waals surface area contributed by atoms with Crippen LogP contribution < -0.4 is 5.32 Å². The summed E-state index contributed by atoms with van der Waals surface area (Å²) in [4.78, 5) is 23.5. The van der Waals surface area contributed by atoms with Crippen LogP contribution in [0.3, 0.4) is 0 Å². The molecule has 1 atom stereocenters. The van der Waals surface area contributed by atoms with Gasteiger partial charge in [0.2, 0.25) is 0 Å². The van der Waals surface area contributed by atoms with Crippen molar-refractivity contribution >= 4 is 28.0 Å². The van der Waals surface area contributed by atoms with Crippen LogP contribution in [0.25, 0.3) is 0 Å². The van der Waals surface area contributed by atoms with Gasteiger partial charge in [0.05, 0.1) is 12.6 Å². The van der Waals surface area contributed by atoms with Gasteiger partial charge in [-0.3, -0.25) is 0 Å². The maximum atomic E-state index is 11.9. The zero-order valence-electron chi connectivity index (χ0n) is 13.5. The van der Waals surface area contributed by atoms with E-state index < -0.39 is 12.1 Å². The van der Waals surface area contributed by atoms with E-state index in [1.165, 1.54) is 0 Å². The summed E-state index contributed by atoms with van der Waals surface area (Å²) < 4.78 is 10.4. The number of carbonyl (C=O) groups is 2. The lowest BCUT2D eigenvalue weighted by molar-refractivity contribution is -0.137. The second-order valence-electron chi connectivity index (χ2n) is 5.21. The monoisotopic (exact) mass is 383 g/mol. The smallest absolute Gasteiger partial charge is 0.407 e. The van der Waals surface area contributed by atoms with Crippen LogP contribution in [0.2, 0.25) is 0 Å². The molecule has 1 N–H and O–H groups in total. The van der Waals surface area contributed by atoms with Crippen molar-refractivity contribution in [3.05, 3.63) is 46.5 Å². The molecular weight excluding hydrogens is 362 g/mol. The molecule has 1 rings (SSSR count). The summed E-state index contributed by atoms with van der Waals surface area (Å²) >= 11 is 3.17. The van der Waals surface area contributed by atoms with Crippen LogP contribution in [-0.4, -0.2) is 24.7 Å². The fourth-order valence-corrected chi connectivity index (χ4v) is 2.13. The van der Waals surface area contributed by atoms with Crippen LogP contribution in [0.4, 0.5) is 4.79 Å². The van der Waals surface area contributed by atoms with Crippen molar-refractivity contribution in [3.63, 3.8) is 0 Å². The molecule has 1 unspecified atom stereocenters. The standard InChI is InChI=1S/C17H22BrNO4/c1-4-22-16(20)14(18)10-15(12(2)3)19-17(21)23-11-13-8-6-5-7-9-13/h5-10,12,15H,4,11H2,1-3H3,(H,19,21)/b14-10+. The molecule has 1 aromatic carbocycles. The van der Waals surface area contributed by atoms with Gasteiger partial charge in [0.25, 0.3) is 0 Å². The number of hydrogen-bond acceptors (Lipinski definition) is 4. The van der Waals surface area contributed by atoms with Crippen LogP contribution in [0, 0.1) is 5.92 Å². The Bertz CT molecular complexity index is 543. The molecule has 0 saturated carbocycles. The second-order valence-corrected chi connectivity index (χ2v) is 6.07. The molecule has 0 radical (unpaired) electrons. The number of amides is 1. The fourth-order valence-electron chi connectivity index (χ4n) is 1.73. The second kappa shape index (κ2) is 10.0. The predicted octanol–water partition coefficient (Wildman–Crippen LogP) is 3.78. The third-order valence-corrected chi connectivity index (χ3v) is 3.60. The summed E-state index contributed by atoms with van der Waals surface area (Å²) in [6.45, 7) is 6.09. The summed E-state index contributed by atoms with van der Waals surface area (Å²) in [5, 5.41) is 2.74. The van der Waals surface area contributed by atoms with Gasteiger partial charge >= 0.3 is 12.1 Å². The van der Waals surface area contributed by atoms with Crippen molar-refractivity contribution in [2.75, 3.05) is 6.61 Å². The summed E-state index contributed by atoms with van der Waals surface area (Å²) in [6, 6.07) is 9.07. The Balaban J connectivity index is 2.59. The third kappa shape index (κ3) is 7.32. The molecule has 0 aliphatic rings. The molecule has 1 amide bonds. The number of alkyl carbamates (subject to hydrolysis) is 1. The van der Waals surface area contributed by atoms with Crippen LogP contribution in [-0.2, 0) is 20.9 Å². The maximum absolute atomic E-state index is 11.9. The molecule has 23 heavy (non-hydrogen) atoms. The van der Waals surface area contributed by atoms with Crippen molar-refractivity contribution in [3.8, 4) is 0 Å². The lowest BCUT2D eigenvalue weighted by atomic mass is 10.0. The molecule has 0 aromatic heterocycles. The van der Waals surface area contributed by atoms with Gasteiger partial charge in [-0.05, 0) is 40.4 Å². The van der Waals surface area contributed by atoms with E-state index in [0.717, 1.165) is 5.56 Å². The highest BCUT2D eigenvalue weighted by molar-refractivity contribution is 9.12. The van der Waals surface area contributed by atoms with Gasteiger partial charge < -0.3 is 14.8 Å². The molecule has 0 aliphatic carbocycles. The first-order valence-corrected chi connectivity index (χ1v) is 8.25. The highest BCUT2D eigenvalue weighted by Gasteiger charge is 2.18. The Morgan fingerprint density at radius 2 is 1.87 bits per heavy atom.